The van der Waals surface area contributed by atoms with Crippen molar-refractivity contribution in [3.8, 4) is 0 Å². The summed E-state index contributed by atoms with van der Waals surface area (Å²) in [5, 5.41) is 20.6. The van der Waals surface area contributed by atoms with Gasteiger partial charge in [-0.1, -0.05) is 264 Å². The van der Waals surface area contributed by atoms with Crippen molar-refractivity contribution in [3.05, 3.63) is 134 Å². The third kappa shape index (κ3) is 70.8. The molecule has 4 N–H and O–H groups in total. The van der Waals surface area contributed by atoms with Crippen molar-refractivity contribution < 1.29 is 75.8 Å². The average molecular weight is 1370 g/mol. The Morgan fingerprint density at radius 2 is 0.568 bits per heavy atom. The van der Waals surface area contributed by atoms with Gasteiger partial charge < -0.3 is 34.2 Å². The zero-order valence-electron chi connectivity index (χ0n) is 59.0. The van der Waals surface area contributed by atoms with Gasteiger partial charge in [0.05, 0.1) is 26.4 Å². The Labute approximate surface area is 575 Å². The van der Waals surface area contributed by atoms with E-state index in [0.29, 0.717) is 25.7 Å². The van der Waals surface area contributed by atoms with Crippen molar-refractivity contribution in [1.29, 1.82) is 0 Å². The van der Waals surface area contributed by atoms with Crippen molar-refractivity contribution in [2.45, 2.75) is 296 Å². The van der Waals surface area contributed by atoms with E-state index in [1.54, 1.807) is 0 Å². The van der Waals surface area contributed by atoms with Gasteiger partial charge in [-0.3, -0.25) is 32.5 Å². The van der Waals surface area contributed by atoms with E-state index in [0.717, 1.165) is 128 Å². The maximum atomic E-state index is 12.9. The molecular formula is C77H130O16P2. The summed E-state index contributed by atoms with van der Waals surface area (Å²) < 4.78 is 60.9. The minimum atomic E-state index is -4.94. The summed E-state index contributed by atoms with van der Waals surface area (Å²) in [7, 11) is -9.80. The van der Waals surface area contributed by atoms with Gasteiger partial charge in [-0.2, -0.15) is 0 Å². The Morgan fingerprint density at radius 1 is 0.305 bits per heavy atom. The molecule has 18 heteroatoms. The summed E-state index contributed by atoms with van der Waals surface area (Å²) in [6.07, 6.45) is 82.3. The highest BCUT2D eigenvalue weighted by molar-refractivity contribution is 7.47. The fourth-order valence-electron chi connectivity index (χ4n) is 9.33. The van der Waals surface area contributed by atoms with E-state index in [1.165, 1.54) is 83.5 Å². The predicted molar refractivity (Wildman–Crippen MR) is 390 cm³/mol. The van der Waals surface area contributed by atoms with Crippen LogP contribution in [0.2, 0.25) is 0 Å². The van der Waals surface area contributed by atoms with Crippen LogP contribution in [0.4, 0.5) is 0 Å². The quantitative estimate of drug-likeness (QED) is 0.0146. The molecule has 0 aromatic rings. The fourth-order valence-corrected chi connectivity index (χ4v) is 10.9. The number of hydrogen-bond acceptors (Lipinski definition) is 14. The van der Waals surface area contributed by atoms with Crippen LogP contribution in [0.5, 0.6) is 0 Å². The molecular weight excluding hydrogens is 1240 g/mol. The van der Waals surface area contributed by atoms with Crippen LogP contribution in [0, 0.1) is 0 Å². The molecule has 0 bridgehead atoms. The summed E-state index contributed by atoms with van der Waals surface area (Å²) in [5.74, 6) is -1.66. The molecule has 0 aliphatic carbocycles. The lowest BCUT2D eigenvalue weighted by Crippen LogP contribution is -2.30. The summed E-state index contributed by atoms with van der Waals surface area (Å²) >= 11 is 0. The summed E-state index contributed by atoms with van der Waals surface area (Å²) in [4.78, 5) is 58.4. The molecule has 544 valence electrons. The van der Waals surface area contributed by atoms with E-state index in [9.17, 15) is 43.5 Å². The van der Waals surface area contributed by atoms with Crippen LogP contribution in [0.25, 0.3) is 0 Å². The molecule has 0 aromatic carbocycles. The highest BCUT2D eigenvalue weighted by Crippen LogP contribution is 2.45. The molecule has 0 rings (SSSR count). The van der Waals surface area contributed by atoms with Gasteiger partial charge in [-0.25, -0.2) is 9.13 Å². The predicted octanol–water partition coefficient (Wildman–Crippen LogP) is 20.8. The van der Waals surface area contributed by atoms with Crippen molar-refractivity contribution in [2.24, 2.45) is 0 Å². The van der Waals surface area contributed by atoms with Crippen LogP contribution in [-0.4, -0.2) is 95.9 Å². The maximum Gasteiger partial charge on any atom is 0.472 e. The molecule has 0 saturated carbocycles. The molecule has 0 aliphatic heterocycles. The maximum absolute atomic E-state index is 12.9. The number of rotatable bonds is 68. The number of hydrogen-bond donors (Lipinski definition) is 4. The van der Waals surface area contributed by atoms with Crippen LogP contribution >= 0.6 is 15.6 Å². The minimum absolute atomic E-state index is 0.0800. The second-order valence-corrected chi connectivity index (χ2v) is 26.9. The van der Waals surface area contributed by atoms with Crippen LogP contribution in [-0.2, 0) is 55.8 Å². The molecule has 16 nitrogen and oxygen atoms in total. The average Bonchev–Trinajstić information content (AvgIpc) is 2.05. The molecule has 0 heterocycles. The Morgan fingerprint density at radius 3 is 0.937 bits per heavy atom. The number of aliphatic hydroxyl groups excluding tert-OH is 2. The third-order valence-corrected chi connectivity index (χ3v) is 16.7. The van der Waals surface area contributed by atoms with Gasteiger partial charge in [-0.15, -0.1) is 0 Å². The fraction of sp³-hybridized carbons (Fsp3) is 0.675. The molecule has 5 atom stereocenters. The molecule has 0 radical (unpaired) electrons. The van der Waals surface area contributed by atoms with Crippen molar-refractivity contribution in [1.82, 2.24) is 0 Å². The first-order chi connectivity index (χ1) is 46.2. The van der Waals surface area contributed by atoms with Gasteiger partial charge in [0.25, 0.3) is 0 Å². The van der Waals surface area contributed by atoms with Crippen molar-refractivity contribution in [3.63, 3.8) is 0 Å². The van der Waals surface area contributed by atoms with E-state index < -0.39 is 91.5 Å². The molecule has 0 amide bonds. The van der Waals surface area contributed by atoms with Gasteiger partial charge in [0.2, 0.25) is 0 Å². The third-order valence-electron chi connectivity index (χ3n) is 14.8. The van der Waals surface area contributed by atoms with Gasteiger partial charge in [0.15, 0.2) is 6.10 Å². The van der Waals surface area contributed by atoms with E-state index in [2.05, 4.69) is 142 Å². The first-order valence-corrected chi connectivity index (χ1v) is 39.5. The van der Waals surface area contributed by atoms with Crippen LogP contribution in [0.1, 0.15) is 278 Å². The Hall–Kier alpha value is -4.31. The van der Waals surface area contributed by atoms with E-state index >= 15 is 0 Å². The second-order valence-electron chi connectivity index (χ2n) is 24.0. The summed E-state index contributed by atoms with van der Waals surface area (Å²) in [6, 6.07) is 0. The van der Waals surface area contributed by atoms with Crippen LogP contribution in [0.15, 0.2) is 134 Å². The lowest BCUT2D eigenvalue weighted by atomic mass is 10.0. The second kappa shape index (κ2) is 69.6. The number of phosphoric acid groups is 2. The standard InChI is InChI=1S/C77H130O16P2/c1-4-7-10-13-16-19-22-25-28-30-31-32-33-34-35-36-37-38-39-41-44-45-48-51-54-57-60-63-75(80)87-66-72(78)67-89-94(83,84)90-68-73(79)69-91-95(85,86)92-71-74(93-77(82)65-62-59-56-53-50-47-42-27-24-21-18-15-12-9-6-3)70-88-76(81)64-61-58-55-52-49-46-43-40-29-26-23-20-17-14-11-8-5-2/h7-8,10-11,16-17,19-20,25-29,31-32,34-35,42-43,46,52,55,72-74,78-79H,4-6,9,12-15,18,21-24,30,33,36-41,44-45,47-51,53-54,56-71H2,1-3H3,(H,83,84)(H,85,86)/b10-7-,11-8-,19-16-,20-17-,28-25-,29-26-,32-31-,35-34-,42-27-,46-43-,55-52-. The Balaban J connectivity index is 4.59. The zero-order valence-corrected chi connectivity index (χ0v) is 60.8. The van der Waals surface area contributed by atoms with Crippen LogP contribution in [0.3, 0.4) is 0 Å². The molecule has 0 aromatic heterocycles. The SMILES string of the molecule is CC/C=C\C/C=C\C/C=C\C/C=C\C/C=C\CCCCCCCCCCCCCC(=O)OCC(O)COP(=O)(O)OCC(O)COP(=O)(O)OCC(COC(=O)CCC/C=C\C/C=C\C/C=C\C/C=C\C/C=C\CC)OC(=O)CCCCCCC/C=C\CCCCCCCC. The van der Waals surface area contributed by atoms with E-state index in [1.807, 2.05) is 12.2 Å². The Kier molecular flexibility index (Phi) is 66.4. The van der Waals surface area contributed by atoms with E-state index in [-0.39, 0.29) is 19.3 Å². The van der Waals surface area contributed by atoms with Crippen molar-refractivity contribution >= 4 is 33.6 Å². The number of esters is 3. The van der Waals surface area contributed by atoms with Gasteiger partial charge in [0, 0.05) is 19.3 Å². The largest absolute Gasteiger partial charge is 0.472 e. The number of unbranched alkanes of at least 4 members (excludes halogenated alkanes) is 23. The highest BCUT2D eigenvalue weighted by atomic mass is 31.2. The Bertz CT molecular complexity index is 2260. The molecule has 0 fully saturated rings. The summed E-state index contributed by atoms with van der Waals surface area (Å²) in [6.45, 7) is 2.36. The van der Waals surface area contributed by atoms with E-state index in [4.69, 9.17) is 32.3 Å². The van der Waals surface area contributed by atoms with Gasteiger partial charge in [0.1, 0.15) is 25.4 Å². The minimum Gasteiger partial charge on any atom is -0.463 e. The monoisotopic (exact) mass is 1370 g/mol. The first kappa shape index (κ1) is 90.7. The number of ether oxygens (including phenoxy) is 3. The molecule has 0 aliphatic rings. The lowest BCUT2D eigenvalue weighted by Gasteiger charge is -2.21. The highest BCUT2D eigenvalue weighted by Gasteiger charge is 2.29. The molecule has 0 spiro atoms. The number of allylic oxidation sites excluding steroid dienone is 22. The normalized spacial score (nSPS) is 14.9. The number of phosphoric ester groups is 2. The smallest absolute Gasteiger partial charge is 0.463 e. The summed E-state index contributed by atoms with van der Waals surface area (Å²) in [5.41, 5.74) is 0. The van der Waals surface area contributed by atoms with Gasteiger partial charge >= 0.3 is 33.6 Å². The molecule has 0 saturated heterocycles. The van der Waals surface area contributed by atoms with Crippen molar-refractivity contribution in [2.75, 3.05) is 39.6 Å². The first-order valence-electron chi connectivity index (χ1n) is 36.5. The number of carbonyl (C=O) groups is 3. The van der Waals surface area contributed by atoms with Crippen LogP contribution < -0.4 is 0 Å². The molecule has 5 unspecified atom stereocenters. The molecule has 95 heavy (non-hydrogen) atoms. The number of aliphatic hydroxyl groups is 2. The zero-order chi connectivity index (χ0) is 69.5. The topological polar surface area (TPSA) is 231 Å². The lowest BCUT2D eigenvalue weighted by molar-refractivity contribution is -0.161. The number of carbonyl (C=O) groups excluding carboxylic acids is 3. The van der Waals surface area contributed by atoms with Gasteiger partial charge in [-0.05, 0) is 128 Å².